The molecular weight excluding hydrogens is 669 g/mol. The van der Waals surface area contributed by atoms with Gasteiger partial charge in [0.05, 0.1) is 13.2 Å². The van der Waals surface area contributed by atoms with Crippen LogP contribution in [-0.4, -0.2) is 91.4 Å². The van der Waals surface area contributed by atoms with Gasteiger partial charge in [-0.2, -0.15) is 26.3 Å². The van der Waals surface area contributed by atoms with Gasteiger partial charge in [0, 0.05) is 30.5 Å². The van der Waals surface area contributed by atoms with Crippen molar-refractivity contribution in [3.8, 4) is 11.5 Å². The van der Waals surface area contributed by atoms with Crippen LogP contribution in [0.1, 0.15) is 52.7 Å². The molecule has 3 rings (SSSR count). The highest BCUT2D eigenvalue weighted by Crippen LogP contribution is 2.38. The monoisotopic (exact) mass is 707 g/mol. The molecular formula is C31H38F5N3O8S. The van der Waals surface area contributed by atoms with Crippen molar-refractivity contribution in [2.24, 2.45) is 5.73 Å². The molecule has 17 heteroatoms. The summed E-state index contributed by atoms with van der Waals surface area (Å²) in [6.07, 6.45) is -7.66. The van der Waals surface area contributed by atoms with Crippen LogP contribution < -0.4 is 20.5 Å². The van der Waals surface area contributed by atoms with E-state index in [1.807, 2.05) is 0 Å². The molecule has 48 heavy (non-hydrogen) atoms. The minimum absolute atomic E-state index is 0.0153. The number of aliphatic hydroxyl groups excluding tert-OH is 2. The number of amides is 2. The Morgan fingerprint density at radius 2 is 1.69 bits per heavy atom. The van der Waals surface area contributed by atoms with E-state index in [-0.39, 0.29) is 43.9 Å². The Kier molecular flexibility index (Phi) is 12.6. The summed E-state index contributed by atoms with van der Waals surface area (Å²) in [5, 5.41) is 22.1. The molecule has 0 radical (unpaired) electrons. The fourth-order valence-electron chi connectivity index (χ4n) is 4.96. The topological polar surface area (TPSA) is 168 Å². The van der Waals surface area contributed by atoms with Crippen LogP contribution in [0.15, 0.2) is 41.8 Å². The number of nitrogens with two attached hydrogens (primary N) is 1. The minimum Gasteiger partial charge on any atom is -0.494 e. The Hall–Kier alpha value is -3.80. The second kappa shape index (κ2) is 15.6. The minimum atomic E-state index is -5.67. The Bertz CT molecular complexity index is 1570. The molecule has 0 saturated carbocycles. The molecule has 1 saturated heterocycles. The molecule has 1 aliphatic rings. The second-order valence-corrected chi connectivity index (χ2v) is 13.3. The van der Waals surface area contributed by atoms with Gasteiger partial charge in [0.1, 0.15) is 29.7 Å². The van der Waals surface area contributed by atoms with Gasteiger partial charge in [-0.3, -0.25) is 9.59 Å². The van der Waals surface area contributed by atoms with E-state index in [4.69, 9.17) is 20.3 Å². The summed E-state index contributed by atoms with van der Waals surface area (Å²) < 4.78 is 101. The lowest BCUT2D eigenvalue weighted by Crippen LogP contribution is -2.62. The van der Waals surface area contributed by atoms with Gasteiger partial charge >= 0.3 is 12.1 Å². The van der Waals surface area contributed by atoms with Crippen LogP contribution in [-0.2, 0) is 14.8 Å². The number of piperidine rings is 1. The molecule has 0 aromatic heterocycles. The first kappa shape index (κ1) is 38.6. The third-order valence-electron chi connectivity index (χ3n) is 7.80. The summed E-state index contributed by atoms with van der Waals surface area (Å²) in [5.41, 5.74) is 6.05. The molecule has 266 valence electrons. The van der Waals surface area contributed by atoms with Crippen molar-refractivity contribution in [2.75, 3.05) is 32.9 Å². The van der Waals surface area contributed by atoms with Crippen molar-refractivity contribution >= 4 is 27.9 Å². The highest BCUT2D eigenvalue weighted by Gasteiger charge is 2.56. The first-order valence-corrected chi connectivity index (χ1v) is 16.3. The highest BCUT2D eigenvalue weighted by molar-refractivity contribution is 7.92. The highest BCUT2D eigenvalue weighted by atomic mass is 32.2. The van der Waals surface area contributed by atoms with Crippen molar-refractivity contribution in [1.82, 2.24) is 9.62 Å². The Labute approximate surface area is 274 Å². The van der Waals surface area contributed by atoms with Gasteiger partial charge in [-0.05, 0) is 86.2 Å². The molecule has 0 bridgehead atoms. The summed E-state index contributed by atoms with van der Waals surface area (Å²) in [6.45, 7) is 2.14. The zero-order valence-electron chi connectivity index (χ0n) is 26.2. The molecule has 1 fully saturated rings. The zero-order valence-corrected chi connectivity index (χ0v) is 27.0. The van der Waals surface area contributed by atoms with E-state index < -0.39 is 71.6 Å². The number of nitrogens with zero attached hydrogens (tertiary/aromatic N) is 1. The summed E-state index contributed by atoms with van der Waals surface area (Å²) in [4.78, 5) is 25.6. The van der Waals surface area contributed by atoms with Crippen molar-refractivity contribution in [3.63, 3.8) is 0 Å². The number of nitrogens with one attached hydrogen (secondary N) is 1. The van der Waals surface area contributed by atoms with E-state index in [0.29, 0.717) is 22.4 Å². The Morgan fingerprint density at radius 1 is 1.06 bits per heavy atom. The average molecular weight is 708 g/mol. The molecule has 2 aromatic carbocycles. The molecule has 1 aliphatic heterocycles. The van der Waals surface area contributed by atoms with Crippen LogP contribution in [0.25, 0.3) is 6.08 Å². The number of primary amides is 1. The number of carbonyl (C=O) groups excluding carboxylic acids is 2. The SMILES string of the molecule is Cc1cc(OC[C@H](O)CO)cc(C)c1/C=C/S(=O)(=O)N1CCC(NC(=O)c2cccc(OCCCC(F)(F)C(F)(F)F)c2)(C(N)=O)CC1. The normalized spacial score (nSPS) is 16.4. The number of ether oxygens (including phenoxy) is 2. The molecule has 2 aromatic rings. The van der Waals surface area contributed by atoms with Crippen molar-refractivity contribution in [3.05, 3.63) is 64.1 Å². The van der Waals surface area contributed by atoms with E-state index in [0.717, 1.165) is 9.71 Å². The molecule has 5 N–H and O–H groups in total. The van der Waals surface area contributed by atoms with Gasteiger partial charge in [-0.25, -0.2) is 8.42 Å². The summed E-state index contributed by atoms with van der Waals surface area (Å²) in [6, 6.07) is 8.66. The first-order valence-electron chi connectivity index (χ1n) is 14.8. The largest absolute Gasteiger partial charge is 0.494 e. The van der Waals surface area contributed by atoms with Crippen LogP contribution in [0.4, 0.5) is 22.0 Å². The predicted molar refractivity (Wildman–Crippen MR) is 165 cm³/mol. The third-order valence-corrected chi connectivity index (χ3v) is 9.37. The Morgan fingerprint density at radius 3 is 2.25 bits per heavy atom. The maximum absolute atomic E-state index is 13.2. The van der Waals surface area contributed by atoms with Crippen molar-refractivity contribution in [1.29, 1.82) is 0 Å². The van der Waals surface area contributed by atoms with Crippen LogP contribution in [0.5, 0.6) is 11.5 Å². The third kappa shape index (κ3) is 9.87. The molecule has 11 nitrogen and oxygen atoms in total. The van der Waals surface area contributed by atoms with Gasteiger partial charge in [-0.15, -0.1) is 0 Å². The summed E-state index contributed by atoms with van der Waals surface area (Å²) >= 11 is 0. The summed E-state index contributed by atoms with van der Waals surface area (Å²) in [7, 11) is -3.97. The molecule has 0 spiro atoms. The van der Waals surface area contributed by atoms with E-state index in [1.165, 1.54) is 30.3 Å². The fraction of sp³-hybridized carbons (Fsp3) is 0.484. The van der Waals surface area contributed by atoms with E-state index >= 15 is 0 Å². The lowest BCUT2D eigenvalue weighted by atomic mass is 9.87. The summed E-state index contributed by atoms with van der Waals surface area (Å²) in [5.74, 6) is -6.05. The molecule has 1 heterocycles. The van der Waals surface area contributed by atoms with Crippen LogP contribution in [0, 0.1) is 13.8 Å². The van der Waals surface area contributed by atoms with E-state index in [9.17, 15) is 45.1 Å². The Balaban J connectivity index is 1.62. The lowest BCUT2D eigenvalue weighted by molar-refractivity contribution is -0.284. The van der Waals surface area contributed by atoms with Gasteiger partial charge in [0.15, 0.2) is 0 Å². The quantitative estimate of drug-likeness (QED) is 0.161. The number of rotatable bonds is 15. The van der Waals surface area contributed by atoms with Crippen molar-refractivity contribution in [2.45, 2.75) is 63.3 Å². The van der Waals surface area contributed by atoms with Crippen LogP contribution in [0.2, 0.25) is 0 Å². The van der Waals surface area contributed by atoms with Gasteiger partial charge in [0.25, 0.3) is 5.91 Å². The average Bonchev–Trinajstić information content (AvgIpc) is 3.01. The number of carbonyl (C=O) groups is 2. The maximum atomic E-state index is 13.2. The van der Waals surface area contributed by atoms with Crippen LogP contribution in [0.3, 0.4) is 0 Å². The zero-order chi connectivity index (χ0) is 35.9. The van der Waals surface area contributed by atoms with E-state index in [2.05, 4.69) is 5.32 Å². The van der Waals surface area contributed by atoms with E-state index in [1.54, 1.807) is 26.0 Å². The van der Waals surface area contributed by atoms with Crippen LogP contribution >= 0.6 is 0 Å². The number of benzene rings is 2. The number of hydrogen-bond acceptors (Lipinski definition) is 8. The molecule has 2 amide bonds. The van der Waals surface area contributed by atoms with Crippen molar-refractivity contribution < 1.29 is 59.6 Å². The second-order valence-electron chi connectivity index (χ2n) is 11.4. The first-order chi connectivity index (χ1) is 22.3. The molecule has 0 aliphatic carbocycles. The number of halogens is 5. The fourth-order valence-corrected chi connectivity index (χ4v) is 6.14. The standard InChI is InChI=1S/C31H38F5N3O8S/c1-20-15-25(47-19-23(41)18-40)16-21(2)26(20)7-14-48(44,45)39-11-9-29(10-12-39,28(37)43)38-27(42)22-5-3-6-24(17-22)46-13-4-8-30(32,33)31(34,35)36/h3,5-7,14-17,23,40-41H,4,8-13,18-19H2,1-2H3,(H2,37,43)(H,38,42)/b14-7+/t23-/m1/s1. The number of sulfonamides is 1. The number of aryl methyl sites for hydroxylation is 2. The number of hydrogen-bond donors (Lipinski definition) is 4. The lowest BCUT2D eigenvalue weighted by Gasteiger charge is -2.39. The van der Waals surface area contributed by atoms with Gasteiger partial charge in [-0.1, -0.05) is 6.07 Å². The van der Waals surface area contributed by atoms with Gasteiger partial charge < -0.3 is 30.7 Å². The predicted octanol–water partition coefficient (Wildman–Crippen LogP) is 3.44. The number of aliphatic hydroxyl groups is 2. The number of alkyl halides is 5. The molecule has 0 unspecified atom stereocenters. The molecule has 1 atom stereocenters. The van der Waals surface area contributed by atoms with Gasteiger partial charge in [0.2, 0.25) is 15.9 Å². The smallest absolute Gasteiger partial charge is 0.453 e. The maximum Gasteiger partial charge on any atom is 0.453 e.